The number of morpholine rings is 1. The standard InChI is InChI=1S/C21H35N5O2.HI/c1-16(2)17(3)24-21(22-4)23-15-18-6-5-7-19(14-18)25-20(27)8-9-26-10-12-28-13-11-26;/h5-7,14,16-17H,8-13,15H2,1-4H3,(H,25,27)(H2,22,23,24);1H. The summed E-state index contributed by atoms with van der Waals surface area (Å²) in [7, 11) is 1.77. The molecular weight excluding hydrogens is 481 g/mol. The third-order valence-corrected chi connectivity index (χ3v) is 5.02. The summed E-state index contributed by atoms with van der Waals surface area (Å²) in [6.07, 6.45) is 0.492. The predicted octanol–water partition coefficient (Wildman–Crippen LogP) is 2.67. The Morgan fingerprint density at radius 1 is 1.24 bits per heavy atom. The van der Waals surface area contributed by atoms with Crippen molar-refractivity contribution in [1.29, 1.82) is 0 Å². The van der Waals surface area contributed by atoms with Crippen molar-refractivity contribution in [1.82, 2.24) is 15.5 Å². The molecule has 1 aromatic carbocycles. The number of amides is 1. The molecule has 7 nitrogen and oxygen atoms in total. The molecule has 1 saturated heterocycles. The fourth-order valence-electron chi connectivity index (χ4n) is 2.83. The minimum absolute atomic E-state index is 0. The first-order valence-electron chi connectivity index (χ1n) is 10.1. The molecule has 0 spiro atoms. The first kappa shape index (κ1) is 25.6. The molecule has 2 rings (SSSR count). The fourth-order valence-corrected chi connectivity index (χ4v) is 2.83. The second-order valence-electron chi connectivity index (χ2n) is 7.56. The van der Waals surface area contributed by atoms with Gasteiger partial charge in [0.15, 0.2) is 5.96 Å². The Bertz CT molecular complexity index is 648. The maximum atomic E-state index is 12.3. The number of ether oxygens (including phenoxy) is 1. The molecule has 0 saturated carbocycles. The lowest BCUT2D eigenvalue weighted by Crippen LogP contribution is -2.43. The summed E-state index contributed by atoms with van der Waals surface area (Å²) in [5, 5.41) is 9.71. The van der Waals surface area contributed by atoms with Gasteiger partial charge in [-0.1, -0.05) is 26.0 Å². The highest BCUT2D eigenvalue weighted by Gasteiger charge is 2.12. The number of hydrogen-bond donors (Lipinski definition) is 3. The van der Waals surface area contributed by atoms with E-state index in [0.29, 0.717) is 24.9 Å². The lowest BCUT2D eigenvalue weighted by molar-refractivity contribution is -0.116. The van der Waals surface area contributed by atoms with Crippen LogP contribution in [0.15, 0.2) is 29.3 Å². The molecule has 1 aliphatic rings. The molecule has 1 fully saturated rings. The van der Waals surface area contributed by atoms with Crippen LogP contribution < -0.4 is 16.0 Å². The summed E-state index contributed by atoms with van der Waals surface area (Å²) in [5.41, 5.74) is 1.91. The Hall–Kier alpha value is -1.39. The maximum Gasteiger partial charge on any atom is 0.225 e. The van der Waals surface area contributed by atoms with Crippen molar-refractivity contribution >= 4 is 41.5 Å². The first-order chi connectivity index (χ1) is 13.5. The summed E-state index contributed by atoms with van der Waals surface area (Å²) < 4.78 is 5.33. The van der Waals surface area contributed by atoms with Crippen molar-refractivity contribution in [2.75, 3.05) is 45.2 Å². The number of carbonyl (C=O) groups excluding carboxylic acids is 1. The van der Waals surface area contributed by atoms with Crippen molar-refractivity contribution in [3.8, 4) is 0 Å². The first-order valence-corrected chi connectivity index (χ1v) is 10.1. The van der Waals surface area contributed by atoms with E-state index in [0.717, 1.165) is 50.1 Å². The van der Waals surface area contributed by atoms with E-state index in [4.69, 9.17) is 4.74 Å². The van der Waals surface area contributed by atoms with E-state index < -0.39 is 0 Å². The molecule has 1 aromatic rings. The molecule has 3 N–H and O–H groups in total. The minimum Gasteiger partial charge on any atom is -0.379 e. The molecule has 1 heterocycles. The normalized spacial score (nSPS) is 16.1. The molecule has 8 heteroatoms. The number of aliphatic imine (C=N–C) groups is 1. The summed E-state index contributed by atoms with van der Waals surface area (Å²) in [5.74, 6) is 1.34. The van der Waals surface area contributed by atoms with E-state index >= 15 is 0 Å². The average molecular weight is 517 g/mol. The van der Waals surface area contributed by atoms with Gasteiger partial charge in [0.1, 0.15) is 0 Å². The smallest absolute Gasteiger partial charge is 0.225 e. The third-order valence-electron chi connectivity index (χ3n) is 5.02. The van der Waals surface area contributed by atoms with Crippen molar-refractivity contribution in [2.24, 2.45) is 10.9 Å². The van der Waals surface area contributed by atoms with Crippen LogP contribution in [0, 0.1) is 5.92 Å². The number of nitrogens with zero attached hydrogens (tertiary/aromatic N) is 2. The zero-order valence-corrected chi connectivity index (χ0v) is 20.4. The van der Waals surface area contributed by atoms with Gasteiger partial charge in [0.05, 0.1) is 13.2 Å². The minimum atomic E-state index is 0. The van der Waals surface area contributed by atoms with E-state index in [9.17, 15) is 4.79 Å². The zero-order valence-electron chi connectivity index (χ0n) is 18.0. The van der Waals surface area contributed by atoms with Crippen molar-refractivity contribution < 1.29 is 9.53 Å². The summed E-state index contributed by atoms with van der Waals surface area (Å²) in [6.45, 7) is 11.2. The Morgan fingerprint density at radius 2 is 1.97 bits per heavy atom. The quantitative estimate of drug-likeness (QED) is 0.281. The number of nitrogens with one attached hydrogen (secondary N) is 3. The number of carbonyl (C=O) groups is 1. The van der Waals surface area contributed by atoms with Gasteiger partial charge in [-0.3, -0.25) is 14.7 Å². The Kier molecular flexibility index (Phi) is 12.2. The van der Waals surface area contributed by atoms with E-state index in [2.05, 4.69) is 46.6 Å². The molecule has 0 bridgehead atoms. The number of rotatable bonds is 8. The van der Waals surface area contributed by atoms with Gasteiger partial charge < -0.3 is 20.7 Å². The van der Waals surface area contributed by atoms with E-state index in [1.165, 1.54) is 0 Å². The molecule has 1 atom stereocenters. The Labute approximate surface area is 192 Å². The van der Waals surface area contributed by atoms with Gasteiger partial charge in [0.2, 0.25) is 5.91 Å². The molecule has 0 aromatic heterocycles. The Morgan fingerprint density at radius 3 is 2.62 bits per heavy atom. The van der Waals surface area contributed by atoms with E-state index in [1.807, 2.05) is 24.3 Å². The van der Waals surface area contributed by atoms with Crippen LogP contribution in [-0.4, -0.2) is 62.7 Å². The molecular formula is C21H36IN5O2. The highest BCUT2D eigenvalue weighted by Crippen LogP contribution is 2.11. The highest BCUT2D eigenvalue weighted by molar-refractivity contribution is 14.0. The largest absolute Gasteiger partial charge is 0.379 e. The number of halogens is 1. The molecule has 1 aliphatic heterocycles. The van der Waals surface area contributed by atoms with Crippen LogP contribution in [0.25, 0.3) is 0 Å². The predicted molar refractivity (Wildman–Crippen MR) is 130 cm³/mol. The molecule has 29 heavy (non-hydrogen) atoms. The summed E-state index contributed by atoms with van der Waals surface area (Å²) in [6, 6.07) is 8.25. The monoisotopic (exact) mass is 517 g/mol. The summed E-state index contributed by atoms with van der Waals surface area (Å²) in [4.78, 5) is 18.8. The number of benzene rings is 1. The highest BCUT2D eigenvalue weighted by atomic mass is 127. The van der Waals surface area contributed by atoms with Crippen molar-refractivity contribution in [3.05, 3.63) is 29.8 Å². The van der Waals surface area contributed by atoms with Gasteiger partial charge >= 0.3 is 0 Å². The van der Waals surface area contributed by atoms with Gasteiger partial charge in [0, 0.05) is 51.4 Å². The number of guanidine groups is 1. The number of anilines is 1. The molecule has 0 aliphatic carbocycles. The maximum absolute atomic E-state index is 12.3. The van der Waals surface area contributed by atoms with Gasteiger partial charge in [-0.2, -0.15) is 0 Å². The van der Waals surface area contributed by atoms with Crippen LogP contribution in [0.5, 0.6) is 0 Å². The van der Waals surface area contributed by atoms with Crippen molar-refractivity contribution in [2.45, 2.75) is 39.8 Å². The second kappa shape index (κ2) is 13.8. The van der Waals surface area contributed by atoms with Crippen LogP contribution in [0.2, 0.25) is 0 Å². The van der Waals surface area contributed by atoms with Crippen LogP contribution in [0.4, 0.5) is 5.69 Å². The van der Waals surface area contributed by atoms with Gasteiger partial charge in [0.25, 0.3) is 0 Å². The molecule has 164 valence electrons. The average Bonchev–Trinajstić information content (AvgIpc) is 2.70. The SMILES string of the molecule is CN=C(NCc1cccc(NC(=O)CCN2CCOCC2)c1)NC(C)C(C)C.I. The molecule has 1 unspecified atom stereocenters. The van der Waals surface area contributed by atoms with Crippen LogP contribution in [0.3, 0.4) is 0 Å². The zero-order chi connectivity index (χ0) is 20.4. The van der Waals surface area contributed by atoms with Gasteiger partial charge in [-0.25, -0.2) is 0 Å². The van der Waals surface area contributed by atoms with E-state index in [1.54, 1.807) is 7.05 Å². The fraction of sp³-hybridized carbons (Fsp3) is 0.619. The lowest BCUT2D eigenvalue weighted by Gasteiger charge is -2.26. The molecule has 0 radical (unpaired) electrons. The van der Waals surface area contributed by atoms with E-state index in [-0.39, 0.29) is 29.9 Å². The Balaban J connectivity index is 0.00000420. The van der Waals surface area contributed by atoms with Crippen molar-refractivity contribution in [3.63, 3.8) is 0 Å². The third kappa shape index (κ3) is 9.77. The van der Waals surface area contributed by atoms with Crippen LogP contribution in [0.1, 0.15) is 32.8 Å². The number of hydrogen-bond acceptors (Lipinski definition) is 4. The molecule has 1 amide bonds. The van der Waals surface area contributed by atoms with Gasteiger partial charge in [-0.05, 0) is 30.5 Å². The lowest BCUT2D eigenvalue weighted by atomic mass is 10.1. The van der Waals surface area contributed by atoms with Gasteiger partial charge in [-0.15, -0.1) is 24.0 Å². The van der Waals surface area contributed by atoms with Crippen LogP contribution >= 0.6 is 24.0 Å². The summed E-state index contributed by atoms with van der Waals surface area (Å²) >= 11 is 0. The van der Waals surface area contributed by atoms with Crippen LogP contribution in [-0.2, 0) is 16.1 Å². The topological polar surface area (TPSA) is 78.0 Å². The second-order valence-corrected chi connectivity index (χ2v) is 7.56.